The zero-order chi connectivity index (χ0) is 15.4. The third-order valence-corrected chi connectivity index (χ3v) is 2.41. The van der Waals surface area contributed by atoms with Gasteiger partial charge in [-0.3, -0.25) is 4.79 Å². The van der Waals surface area contributed by atoms with Gasteiger partial charge < -0.3 is 10.6 Å². The topological polar surface area (TPSA) is 46.3 Å². The smallest absolute Gasteiger partial charge is 0.339 e. The van der Waals surface area contributed by atoms with E-state index in [-0.39, 0.29) is 19.5 Å². The molecular formula is C10H16F6N2O. The first-order valence-corrected chi connectivity index (χ1v) is 5.57. The van der Waals surface area contributed by atoms with Crippen LogP contribution in [0.2, 0.25) is 0 Å². The third kappa shape index (κ3) is 5.25. The second-order valence-corrected chi connectivity index (χ2v) is 4.28. The standard InChI is InChI=1S/C10H16F6N2O/c1-6(2)18(5-3-4-17)8(19)7(9(11,12)13)10(14,15)16/h6-7H,3-5,17H2,1-2H3. The molecule has 0 aliphatic carbocycles. The summed E-state index contributed by atoms with van der Waals surface area (Å²) in [5.41, 5.74) is 5.14. The average Bonchev–Trinajstić information content (AvgIpc) is 2.12. The first-order chi connectivity index (χ1) is 8.42. The Morgan fingerprint density at radius 2 is 1.53 bits per heavy atom. The first kappa shape index (κ1) is 18.0. The molecule has 0 aromatic rings. The van der Waals surface area contributed by atoms with Gasteiger partial charge >= 0.3 is 12.4 Å². The summed E-state index contributed by atoms with van der Waals surface area (Å²) in [4.78, 5) is 12.1. The Hall–Kier alpha value is -0.990. The van der Waals surface area contributed by atoms with Crippen molar-refractivity contribution in [3.63, 3.8) is 0 Å². The molecule has 0 aliphatic rings. The van der Waals surface area contributed by atoms with Crippen LogP contribution in [0.4, 0.5) is 26.3 Å². The average molecular weight is 294 g/mol. The molecule has 0 atom stereocenters. The Kier molecular flexibility index (Phi) is 6.11. The molecule has 0 bridgehead atoms. The van der Waals surface area contributed by atoms with Gasteiger partial charge in [0.1, 0.15) is 0 Å². The molecule has 2 N–H and O–H groups in total. The molecule has 3 nitrogen and oxygen atoms in total. The van der Waals surface area contributed by atoms with Crippen LogP contribution in [0.3, 0.4) is 0 Å². The van der Waals surface area contributed by atoms with Gasteiger partial charge in [0.25, 0.3) is 0 Å². The Morgan fingerprint density at radius 1 is 1.11 bits per heavy atom. The van der Waals surface area contributed by atoms with Crippen LogP contribution in [-0.4, -0.2) is 42.3 Å². The highest BCUT2D eigenvalue weighted by Crippen LogP contribution is 2.40. The fourth-order valence-electron chi connectivity index (χ4n) is 1.52. The summed E-state index contributed by atoms with van der Waals surface area (Å²) in [6.07, 6.45) is -11.2. The number of carbonyl (C=O) groups excluding carboxylic acids is 1. The number of alkyl halides is 6. The van der Waals surface area contributed by atoms with Gasteiger partial charge in [-0.25, -0.2) is 0 Å². The second kappa shape index (κ2) is 6.44. The molecule has 1 amide bonds. The molecule has 19 heavy (non-hydrogen) atoms. The molecule has 0 aliphatic heterocycles. The Labute approximate surface area is 106 Å². The summed E-state index contributed by atoms with van der Waals surface area (Å²) in [7, 11) is 0. The van der Waals surface area contributed by atoms with Crippen LogP contribution in [0.1, 0.15) is 20.3 Å². The van der Waals surface area contributed by atoms with Crippen molar-refractivity contribution >= 4 is 5.91 Å². The highest BCUT2D eigenvalue weighted by molar-refractivity contribution is 5.80. The fraction of sp³-hybridized carbons (Fsp3) is 0.900. The molecule has 0 heterocycles. The van der Waals surface area contributed by atoms with Crippen molar-refractivity contribution in [2.24, 2.45) is 11.7 Å². The lowest BCUT2D eigenvalue weighted by molar-refractivity contribution is -0.278. The van der Waals surface area contributed by atoms with Crippen LogP contribution in [-0.2, 0) is 4.79 Å². The number of carbonyl (C=O) groups is 1. The maximum atomic E-state index is 12.4. The van der Waals surface area contributed by atoms with Crippen LogP contribution >= 0.6 is 0 Å². The fourth-order valence-corrected chi connectivity index (χ4v) is 1.52. The summed E-state index contributed by atoms with van der Waals surface area (Å²) in [5, 5.41) is 0. The van der Waals surface area contributed by atoms with Crippen LogP contribution in [0.15, 0.2) is 0 Å². The van der Waals surface area contributed by atoms with Gasteiger partial charge in [0.05, 0.1) is 0 Å². The van der Waals surface area contributed by atoms with E-state index in [0.29, 0.717) is 4.90 Å². The molecule has 0 spiro atoms. The van der Waals surface area contributed by atoms with Crippen LogP contribution in [0, 0.1) is 5.92 Å². The maximum absolute atomic E-state index is 12.4. The van der Waals surface area contributed by atoms with Crippen molar-refractivity contribution in [1.82, 2.24) is 4.90 Å². The van der Waals surface area contributed by atoms with Gasteiger partial charge in [-0.15, -0.1) is 0 Å². The lowest BCUT2D eigenvalue weighted by Crippen LogP contribution is -2.51. The first-order valence-electron chi connectivity index (χ1n) is 5.57. The van der Waals surface area contributed by atoms with E-state index < -0.39 is 30.2 Å². The number of amides is 1. The van der Waals surface area contributed by atoms with Crippen molar-refractivity contribution in [1.29, 1.82) is 0 Å². The highest BCUT2D eigenvalue weighted by atomic mass is 19.4. The van der Waals surface area contributed by atoms with Crippen molar-refractivity contribution in [2.75, 3.05) is 13.1 Å². The number of nitrogens with two attached hydrogens (primary N) is 1. The lowest BCUT2D eigenvalue weighted by atomic mass is 10.1. The van der Waals surface area contributed by atoms with E-state index in [2.05, 4.69) is 0 Å². The SMILES string of the molecule is CC(C)N(CCCN)C(=O)C(C(F)(F)F)C(F)(F)F. The molecule has 0 aromatic carbocycles. The largest absolute Gasteiger partial charge is 0.409 e. The van der Waals surface area contributed by atoms with Gasteiger partial charge in [-0.1, -0.05) is 0 Å². The van der Waals surface area contributed by atoms with E-state index in [1.807, 2.05) is 0 Å². The Balaban J connectivity index is 5.26. The molecule has 0 fully saturated rings. The van der Waals surface area contributed by atoms with E-state index in [1.54, 1.807) is 0 Å². The molecule has 0 rings (SSSR count). The summed E-state index contributed by atoms with van der Waals surface area (Å²) >= 11 is 0. The van der Waals surface area contributed by atoms with Crippen LogP contribution in [0.25, 0.3) is 0 Å². The van der Waals surface area contributed by atoms with Crippen molar-refractivity contribution in [3.8, 4) is 0 Å². The Bertz CT molecular complexity index is 285. The number of nitrogens with zero attached hydrogens (tertiary/aromatic N) is 1. The summed E-state index contributed by atoms with van der Waals surface area (Å²) in [5.74, 6) is -5.97. The lowest BCUT2D eigenvalue weighted by Gasteiger charge is -2.32. The normalized spacial score (nSPS) is 13.2. The van der Waals surface area contributed by atoms with Crippen LogP contribution < -0.4 is 5.73 Å². The third-order valence-electron chi connectivity index (χ3n) is 2.41. The predicted molar refractivity (Wildman–Crippen MR) is 56.1 cm³/mol. The van der Waals surface area contributed by atoms with Gasteiger partial charge in [0.2, 0.25) is 11.8 Å². The summed E-state index contributed by atoms with van der Waals surface area (Å²) in [6, 6.07) is -0.772. The number of halogens is 6. The monoisotopic (exact) mass is 294 g/mol. The summed E-state index contributed by atoms with van der Waals surface area (Å²) < 4.78 is 74.5. The van der Waals surface area contributed by atoms with Crippen molar-refractivity contribution in [3.05, 3.63) is 0 Å². The number of hydrogen-bond acceptors (Lipinski definition) is 2. The highest BCUT2D eigenvalue weighted by Gasteiger charge is 2.62. The molecule has 0 saturated carbocycles. The molecule has 0 saturated heterocycles. The van der Waals surface area contributed by atoms with E-state index in [4.69, 9.17) is 5.73 Å². The van der Waals surface area contributed by atoms with Gasteiger partial charge in [0, 0.05) is 12.6 Å². The summed E-state index contributed by atoms with van der Waals surface area (Å²) in [6.45, 7) is 2.52. The molecule has 0 unspecified atom stereocenters. The van der Waals surface area contributed by atoms with Gasteiger partial charge in [-0.05, 0) is 26.8 Å². The molecule has 0 radical (unpaired) electrons. The van der Waals surface area contributed by atoms with E-state index in [9.17, 15) is 31.1 Å². The minimum atomic E-state index is -5.66. The van der Waals surface area contributed by atoms with E-state index in [1.165, 1.54) is 13.8 Å². The number of hydrogen-bond donors (Lipinski definition) is 1. The number of rotatable bonds is 5. The molecule has 114 valence electrons. The van der Waals surface area contributed by atoms with Gasteiger partial charge in [-0.2, -0.15) is 26.3 Å². The Morgan fingerprint density at radius 3 is 1.79 bits per heavy atom. The predicted octanol–water partition coefficient (Wildman–Crippen LogP) is 2.31. The zero-order valence-corrected chi connectivity index (χ0v) is 10.5. The maximum Gasteiger partial charge on any atom is 0.409 e. The van der Waals surface area contributed by atoms with E-state index >= 15 is 0 Å². The van der Waals surface area contributed by atoms with Crippen molar-refractivity contribution in [2.45, 2.75) is 38.7 Å². The molecule has 0 aromatic heterocycles. The minimum Gasteiger partial charge on any atom is -0.339 e. The molecular weight excluding hydrogens is 278 g/mol. The van der Waals surface area contributed by atoms with E-state index in [0.717, 1.165) is 0 Å². The van der Waals surface area contributed by atoms with Gasteiger partial charge in [0.15, 0.2) is 0 Å². The molecule has 9 heteroatoms. The van der Waals surface area contributed by atoms with Crippen LogP contribution in [0.5, 0.6) is 0 Å². The zero-order valence-electron chi connectivity index (χ0n) is 10.5. The van der Waals surface area contributed by atoms with Crippen molar-refractivity contribution < 1.29 is 31.1 Å². The quantitative estimate of drug-likeness (QED) is 0.791. The minimum absolute atomic E-state index is 0.0687. The second-order valence-electron chi connectivity index (χ2n) is 4.28.